The average Bonchev–Trinajstić information content (AvgIpc) is 2.89. The smallest absolute Gasteiger partial charge is 0.416 e. The van der Waals surface area contributed by atoms with E-state index >= 15 is 0 Å². The number of sulfonamides is 1. The standard InChI is InChI=1S/C26H20F3N5O4S/c1-39(37,38)33-22-23(35)31-32-25(30-22)34-12-11-17-13-16(7-9-20(17)24(34)36)19-10-8-18(26(27,28)29)14-21(19)15-5-3-2-4-6-15/h2-10,13-14H,11-12H2,1H3,(H,31,35)(H,30,32,33). The number of hydrogen-bond donors (Lipinski definition) is 2. The minimum absolute atomic E-state index is 0.124. The zero-order chi connectivity index (χ0) is 27.9. The molecular weight excluding hydrogens is 535 g/mol. The molecule has 5 rings (SSSR count). The first-order valence-electron chi connectivity index (χ1n) is 11.5. The van der Waals surface area contributed by atoms with Crippen LogP contribution in [0.5, 0.6) is 5.88 Å². The van der Waals surface area contributed by atoms with Crippen LogP contribution < -0.4 is 9.62 Å². The summed E-state index contributed by atoms with van der Waals surface area (Å²) in [6.45, 7) is 0.124. The van der Waals surface area contributed by atoms with Gasteiger partial charge in [-0.3, -0.25) is 14.4 Å². The first-order chi connectivity index (χ1) is 18.4. The number of amides is 1. The van der Waals surface area contributed by atoms with Gasteiger partial charge in [0.25, 0.3) is 17.7 Å². The Labute approximate surface area is 221 Å². The van der Waals surface area contributed by atoms with E-state index in [0.717, 1.165) is 18.4 Å². The van der Waals surface area contributed by atoms with Crippen molar-refractivity contribution in [2.45, 2.75) is 12.6 Å². The van der Waals surface area contributed by atoms with Crippen LogP contribution in [-0.2, 0) is 22.6 Å². The van der Waals surface area contributed by atoms with Crippen LogP contribution in [0.4, 0.5) is 24.9 Å². The van der Waals surface area contributed by atoms with Crippen LogP contribution in [0.15, 0.2) is 66.7 Å². The highest BCUT2D eigenvalue weighted by Crippen LogP contribution is 2.39. The fourth-order valence-electron chi connectivity index (χ4n) is 4.35. The highest BCUT2D eigenvalue weighted by atomic mass is 32.2. The van der Waals surface area contributed by atoms with Crippen molar-refractivity contribution in [1.82, 2.24) is 15.2 Å². The van der Waals surface area contributed by atoms with Crippen molar-refractivity contribution in [3.05, 3.63) is 83.4 Å². The van der Waals surface area contributed by atoms with Crippen LogP contribution in [-0.4, -0.2) is 47.4 Å². The Bertz CT molecular complexity index is 1700. The van der Waals surface area contributed by atoms with Crippen molar-refractivity contribution in [3.63, 3.8) is 0 Å². The summed E-state index contributed by atoms with van der Waals surface area (Å²) in [5, 5.41) is 17.0. The van der Waals surface area contributed by atoms with Gasteiger partial charge in [0.15, 0.2) is 0 Å². The minimum atomic E-state index is -4.50. The van der Waals surface area contributed by atoms with Crippen molar-refractivity contribution in [2.24, 2.45) is 0 Å². The molecule has 1 aromatic heterocycles. The number of nitrogens with one attached hydrogen (secondary N) is 1. The Hall–Kier alpha value is -4.52. The second-order valence-corrected chi connectivity index (χ2v) is 10.6. The Morgan fingerprint density at radius 1 is 0.923 bits per heavy atom. The van der Waals surface area contributed by atoms with Crippen molar-refractivity contribution < 1.29 is 31.5 Å². The molecule has 13 heteroatoms. The van der Waals surface area contributed by atoms with Gasteiger partial charge in [-0.05, 0) is 52.4 Å². The number of alkyl halides is 3. The lowest BCUT2D eigenvalue weighted by Crippen LogP contribution is -2.39. The number of carbonyl (C=O) groups excluding carboxylic acids is 1. The summed E-state index contributed by atoms with van der Waals surface area (Å²) in [4.78, 5) is 18.4. The van der Waals surface area contributed by atoms with Gasteiger partial charge in [-0.2, -0.15) is 18.2 Å². The number of carbonyl (C=O) groups is 1. The number of fused-ring (bicyclic) bond motifs is 1. The summed E-state index contributed by atoms with van der Waals surface area (Å²) in [6.07, 6.45) is -3.28. The molecule has 0 saturated carbocycles. The molecule has 0 unspecified atom stereocenters. The monoisotopic (exact) mass is 555 g/mol. The lowest BCUT2D eigenvalue weighted by Gasteiger charge is -2.27. The first-order valence-corrected chi connectivity index (χ1v) is 13.4. The molecule has 1 aliphatic heterocycles. The van der Waals surface area contributed by atoms with Gasteiger partial charge < -0.3 is 5.11 Å². The predicted molar refractivity (Wildman–Crippen MR) is 138 cm³/mol. The van der Waals surface area contributed by atoms with Crippen LogP contribution in [0, 0.1) is 0 Å². The summed E-state index contributed by atoms with van der Waals surface area (Å²) >= 11 is 0. The Balaban J connectivity index is 1.51. The third-order valence-electron chi connectivity index (χ3n) is 6.11. The molecule has 4 aromatic rings. The number of anilines is 2. The zero-order valence-electron chi connectivity index (χ0n) is 20.3. The van der Waals surface area contributed by atoms with Gasteiger partial charge >= 0.3 is 6.18 Å². The quantitative estimate of drug-likeness (QED) is 0.371. The van der Waals surface area contributed by atoms with Gasteiger partial charge in [-0.1, -0.05) is 48.5 Å². The number of rotatable bonds is 5. The maximum atomic E-state index is 13.5. The molecule has 9 nitrogen and oxygen atoms in total. The summed E-state index contributed by atoms with van der Waals surface area (Å²) in [5.41, 5.74) is 2.49. The molecule has 1 aliphatic rings. The molecule has 0 saturated heterocycles. The molecule has 39 heavy (non-hydrogen) atoms. The maximum Gasteiger partial charge on any atom is 0.416 e. The topological polar surface area (TPSA) is 125 Å². The summed E-state index contributed by atoms with van der Waals surface area (Å²) in [6, 6.07) is 17.3. The minimum Gasteiger partial charge on any atom is -0.490 e. The maximum absolute atomic E-state index is 13.5. The number of aromatic hydroxyl groups is 1. The number of halogens is 3. The lowest BCUT2D eigenvalue weighted by molar-refractivity contribution is -0.137. The fraction of sp³-hybridized carbons (Fsp3) is 0.154. The second kappa shape index (κ2) is 9.66. The molecular formula is C26H20F3N5O4S. The van der Waals surface area contributed by atoms with Gasteiger partial charge in [0.2, 0.25) is 15.8 Å². The largest absolute Gasteiger partial charge is 0.490 e. The number of nitrogens with zero attached hydrogens (tertiary/aromatic N) is 4. The van der Waals surface area contributed by atoms with Crippen molar-refractivity contribution in [2.75, 3.05) is 22.4 Å². The van der Waals surface area contributed by atoms with E-state index in [-0.39, 0.29) is 12.5 Å². The van der Waals surface area contributed by atoms with Crippen LogP contribution in [0.3, 0.4) is 0 Å². The van der Waals surface area contributed by atoms with Crippen LogP contribution >= 0.6 is 0 Å². The van der Waals surface area contributed by atoms with E-state index in [1.165, 1.54) is 11.0 Å². The fourth-order valence-corrected chi connectivity index (χ4v) is 4.83. The van der Waals surface area contributed by atoms with Crippen LogP contribution in [0.2, 0.25) is 0 Å². The third-order valence-corrected chi connectivity index (χ3v) is 6.67. The summed E-state index contributed by atoms with van der Waals surface area (Å²) < 4.78 is 65.6. The van der Waals surface area contributed by atoms with E-state index in [4.69, 9.17) is 0 Å². The Morgan fingerprint density at radius 3 is 2.33 bits per heavy atom. The normalized spacial score (nSPS) is 13.7. The molecule has 0 radical (unpaired) electrons. The van der Waals surface area contributed by atoms with Crippen molar-refractivity contribution in [3.8, 4) is 28.1 Å². The van der Waals surface area contributed by atoms with Crippen LogP contribution in [0.25, 0.3) is 22.3 Å². The molecule has 0 spiro atoms. The molecule has 2 N–H and O–H groups in total. The van der Waals surface area contributed by atoms with E-state index in [1.807, 2.05) is 4.72 Å². The van der Waals surface area contributed by atoms with Gasteiger partial charge in [0, 0.05) is 12.1 Å². The Morgan fingerprint density at radius 2 is 1.64 bits per heavy atom. The first kappa shape index (κ1) is 26.1. The Kier molecular flexibility index (Phi) is 6.46. The van der Waals surface area contributed by atoms with E-state index in [0.29, 0.717) is 39.8 Å². The summed E-state index contributed by atoms with van der Waals surface area (Å²) in [7, 11) is -3.78. The molecule has 0 fully saturated rings. The molecule has 0 bridgehead atoms. The molecule has 0 atom stereocenters. The highest BCUT2D eigenvalue weighted by molar-refractivity contribution is 7.92. The van der Waals surface area contributed by atoms with Crippen molar-refractivity contribution in [1.29, 1.82) is 0 Å². The SMILES string of the molecule is CS(=O)(=O)Nc1nc(N2CCc3cc(-c4ccc(C(F)(F)F)cc4-c4ccccc4)ccc3C2=O)nnc1O. The van der Waals surface area contributed by atoms with Crippen molar-refractivity contribution >= 4 is 27.7 Å². The second-order valence-electron chi connectivity index (χ2n) is 8.86. The third kappa shape index (κ3) is 5.39. The van der Waals surface area contributed by atoms with Crippen LogP contribution in [0.1, 0.15) is 21.5 Å². The zero-order valence-corrected chi connectivity index (χ0v) is 21.1. The predicted octanol–water partition coefficient (Wildman–Crippen LogP) is 4.50. The highest BCUT2D eigenvalue weighted by Gasteiger charge is 2.32. The molecule has 200 valence electrons. The van der Waals surface area contributed by atoms with Gasteiger partial charge in [0.05, 0.1) is 11.8 Å². The number of benzene rings is 3. The van der Waals surface area contributed by atoms with Gasteiger partial charge in [-0.25, -0.2) is 8.42 Å². The number of aromatic nitrogens is 3. The van der Waals surface area contributed by atoms with Gasteiger partial charge in [-0.15, -0.1) is 10.2 Å². The molecule has 3 aromatic carbocycles. The van der Waals surface area contributed by atoms with E-state index in [2.05, 4.69) is 15.2 Å². The molecule has 2 heterocycles. The summed E-state index contributed by atoms with van der Waals surface area (Å²) in [5.74, 6) is -1.89. The van der Waals surface area contributed by atoms with E-state index < -0.39 is 39.4 Å². The lowest BCUT2D eigenvalue weighted by atomic mass is 9.89. The average molecular weight is 556 g/mol. The number of hydrogen-bond acceptors (Lipinski definition) is 7. The molecule has 1 amide bonds. The molecule has 0 aliphatic carbocycles. The van der Waals surface area contributed by atoms with E-state index in [9.17, 15) is 31.5 Å². The van der Waals surface area contributed by atoms with Gasteiger partial charge in [0.1, 0.15) is 0 Å². The van der Waals surface area contributed by atoms with E-state index in [1.54, 1.807) is 48.5 Å².